The van der Waals surface area contributed by atoms with Crippen LogP contribution in [0.3, 0.4) is 0 Å². The van der Waals surface area contributed by atoms with Crippen molar-refractivity contribution < 1.29 is 4.79 Å². The molecule has 0 radical (unpaired) electrons. The summed E-state index contributed by atoms with van der Waals surface area (Å²) in [6.45, 7) is 13.4. The Morgan fingerprint density at radius 3 is 2.11 bits per heavy atom. The number of hydrogen-bond donors (Lipinski definition) is 0. The second kappa shape index (κ2) is 5.87. The highest BCUT2D eigenvalue weighted by Crippen LogP contribution is 2.36. The van der Waals surface area contributed by atoms with Gasteiger partial charge in [0.1, 0.15) is 0 Å². The minimum atomic E-state index is -1.32. The lowest BCUT2D eigenvalue weighted by molar-refractivity contribution is 0.101. The van der Waals surface area contributed by atoms with Gasteiger partial charge >= 0.3 is 0 Å². The zero-order valence-corrected chi connectivity index (χ0v) is 14.1. The fourth-order valence-corrected chi connectivity index (χ4v) is 2.82. The van der Waals surface area contributed by atoms with Crippen molar-refractivity contribution in [2.45, 2.75) is 52.2 Å². The van der Waals surface area contributed by atoms with Gasteiger partial charge in [0.15, 0.2) is 5.78 Å². The van der Waals surface area contributed by atoms with E-state index in [1.807, 2.05) is 24.3 Å². The van der Waals surface area contributed by atoms with E-state index in [4.69, 9.17) is 0 Å². The predicted molar refractivity (Wildman–Crippen MR) is 86.5 cm³/mol. The number of hydrogen-bond acceptors (Lipinski definition) is 1. The number of Topliss-reactive ketones (excluding diaryl/α,β-unsaturated/α-hetero) is 1. The van der Waals surface area contributed by atoms with Gasteiger partial charge in [-0.15, -0.1) is 0 Å². The molecular weight excluding hydrogens is 248 g/mol. The van der Waals surface area contributed by atoms with Crippen molar-refractivity contribution in [2.24, 2.45) is 0 Å². The fourth-order valence-electron chi connectivity index (χ4n) is 1.62. The summed E-state index contributed by atoms with van der Waals surface area (Å²) in [6.07, 6.45) is 3.24. The second-order valence-corrected chi connectivity index (χ2v) is 12.1. The quantitative estimate of drug-likeness (QED) is 0.555. The zero-order chi connectivity index (χ0) is 14.7. The molecule has 0 bridgehead atoms. The molecule has 0 N–H and O–H groups in total. The van der Waals surface area contributed by atoms with Gasteiger partial charge in [-0.05, 0) is 23.9 Å². The molecule has 0 aromatic heterocycles. The van der Waals surface area contributed by atoms with E-state index in [1.165, 1.54) is 5.56 Å². The summed E-state index contributed by atoms with van der Waals surface area (Å²) in [6, 6.07) is 7.93. The first-order valence-corrected chi connectivity index (χ1v) is 9.99. The van der Waals surface area contributed by atoms with Crippen molar-refractivity contribution in [3.63, 3.8) is 0 Å². The third kappa shape index (κ3) is 4.46. The third-order valence-electron chi connectivity index (χ3n) is 4.18. The fraction of sp³-hybridized carbons (Fsp3) is 0.471. The summed E-state index contributed by atoms with van der Waals surface area (Å²) < 4.78 is 0. The number of rotatable bonds is 4. The Kier molecular flexibility index (Phi) is 4.91. The molecule has 0 fully saturated rings. The van der Waals surface area contributed by atoms with Crippen LogP contribution in [0, 0.1) is 0 Å². The van der Waals surface area contributed by atoms with Crippen molar-refractivity contribution in [1.82, 2.24) is 0 Å². The topological polar surface area (TPSA) is 17.1 Å². The van der Waals surface area contributed by atoms with E-state index in [9.17, 15) is 4.79 Å². The van der Waals surface area contributed by atoms with E-state index in [1.54, 1.807) is 6.92 Å². The first-order valence-electron chi connectivity index (χ1n) is 6.91. The molecule has 0 aliphatic carbocycles. The van der Waals surface area contributed by atoms with Crippen LogP contribution in [0.25, 0.3) is 0 Å². The first kappa shape index (κ1) is 15.9. The Morgan fingerprint density at radius 1 is 1.16 bits per heavy atom. The van der Waals surface area contributed by atoms with Gasteiger partial charge in [-0.1, -0.05) is 69.9 Å². The van der Waals surface area contributed by atoms with Crippen LogP contribution in [0.2, 0.25) is 18.1 Å². The average molecular weight is 274 g/mol. The number of carbonyl (C=O) groups is 1. The van der Waals surface area contributed by atoms with Gasteiger partial charge in [0.05, 0.1) is 8.07 Å². The Hall–Kier alpha value is -1.15. The van der Waals surface area contributed by atoms with E-state index >= 15 is 0 Å². The second-order valence-electron chi connectivity index (χ2n) is 6.83. The molecule has 0 saturated heterocycles. The lowest BCUT2D eigenvalue weighted by Crippen LogP contribution is -2.34. The first-order chi connectivity index (χ1) is 8.63. The molecule has 1 nitrogen and oxygen atoms in total. The van der Waals surface area contributed by atoms with Gasteiger partial charge in [-0.25, -0.2) is 0 Å². The molecule has 0 aliphatic rings. The minimum absolute atomic E-state index is 0.128. The minimum Gasteiger partial charge on any atom is -0.295 e. The van der Waals surface area contributed by atoms with Crippen LogP contribution in [0.4, 0.5) is 0 Å². The lowest BCUT2D eigenvalue weighted by atomic mass is 10.1. The van der Waals surface area contributed by atoms with Gasteiger partial charge in [0, 0.05) is 5.56 Å². The smallest absolute Gasteiger partial charge is 0.159 e. The van der Waals surface area contributed by atoms with Crippen molar-refractivity contribution >= 4 is 13.9 Å². The number of allylic oxidation sites excluding steroid dienone is 1. The summed E-state index contributed by atoms with van der Waals surface area (Å²) in [7, 11) is -1.32. The Morgan fingerprint density at radius 2 is 1.68 bits per heavy atom. The van der Waals surface area contributed by atoms with Gasteiger partial charge in [-0.2, -0.15) is 0 Å². The van der Waals surface area contributed by atoms with Crippen LogP contribution < -0.4 is 0 Å². The Bertz CT molecular complexity index is 461. The summed E-state index contributed by atoms with van der Waals surface area (Å²) in [5, 5.41) is 0.391. The molecule has 19 heavy (non-hydrogen) atoms. The number of benzene rings is 1. The number of carbonyl (C=O) groups excluding carboxylic acids is 1. The zero-order valence-electron chi connectivity index (χ0n) is 13.1. The maximum absolute atomic E-state index is 11.2. The Labute approximate surface area is 118 Å². The van der Waals surface area contributed by atoms with E-state index in [-0.39, 0.29) is 5.78 Å². The molecule has 2 heteroatoms. The molecule has 1 aromatic rings. The SMILES string of the molecule is CC(=O)c1ccc(C/C=C/[Si](C)(C)C(C)(C)C)cc1. The summed E-state index contributed by atoms with van der Waals surface area (Å²) in [4.78, 5) is 11.2. The molecule has 0 unspecified atom stereocenters. The molecule has 1 rings (SSSR count). The van der Waals surface area contributed by atoms with Crippen LogP contribution in [0.1, 0.15) is 43.6 Å². The maximum atomic E-state index is 11.2. The monoisotopic (exact) mass is 274 g/mol. The van der Waals surface area contributed by atoms with Crippen molar-refractivity contribution in [3.05, 3.63) is 47.2 Å². The van der Waals surface area contributed by atoms with Crippen LogP contribution in [0.15, 0.2) is 36.0 Å². The normalized spacial score (nSPS) is 12.9. The molecule has 0 aliphatic heterocycles. The van der Waals surface area contributed by atoms with E-state index in [2.05, 4.69) is 45.6 Å². The average Bonchev–Trinajstić information content (AvgIpc) is 2.28. The lowest BCUT2D eigenvalue weighted by Gasteiger charge is -2.34. The largest absolute Gasteiger partial charge is 0.295 e. The van der Waals surface area contributed by atoms with Gasteiger partial charge in [0.2, 0.25) is 0 Å². The molecule has 0 saturated carbocycles. The van der Waals surface area contributed by atoms with Gasteiger partial charge in [-0.3, -0.25) is 4.79 Å². The molecule has 0 heterocycles. The highest BCUT2D eigenvalue weighted by molar-refractivity contribution is 6.84. The molecule has 1 aromatic carbocycles. The summed E-state index contributed by atoms with van der Waals surface area (Å²) in [5.41, 5.74) is 4.49. The van der Waals surface area contributed by atoms with Gasteiger partial charge in [0.25, 0.3) is 0 Å². The Balaban J connectivity index is 2.69. The van der Waals surface area contributed by atoms with Crippen molar-refractivity contribution in [1.29, 1.82) is 0 Å². The number of ketones is 1. The van der Waals surface area contributed by atoms with Crippen molar-refractivity contribution in [3.8, 4) is 0 Å². The van der Waals surface area contributed by atoms with E-state index < -0.39 is 8.07 Å². The molecule has 0 atom stereocenters. The molecule has 0 spiro atoms. The molecule has 104 valence electrons. The van der Waals surface area contributed by atoms with Gasteiger partial charge < -0.3 is 0 Å². The van der Waals surface area contributed by atoms with Crippen LogP contribution in [0.5, 0.6) is 0 Å². The molecule has 0 amide bonds. The predicted octanol–water partition coefficient (Wildman–Crippen LogP) is 5.04. The highest BCUT2D eigenvalue weighted by Gasteiger charge is 2.31. The molecular formula is C17H26OSi. The maximum Gasteiger partial charge on any atom is 0.159 e. The van der Waals surface area contributed by atoms with Crippen LogP contribution in [-0.4, -0.2) is 13.9 Å². The summed E-state index contributed by atoms with van der Waals surface area (Å²) in [5.74, 6) is 0.128. The summed E-state index contributed by atoms with van der Waals surface area (Å²) >= 11 is 0. The van der Waals surface area contributed by atoms with E-state index in [0.29, 0.717) is 5.04 Å². The van der Waals surface area contributed by atoms with Crippen LogP contribution in [-0.2, 0) is 6.42 Å². The van der Waals surface area contributed by atoms with Crippen LogP contribution >= 0.6 is 0 Å². The highest BCUT2D eigenvalue weighted by atomic mass is 28.3. The van der Waals surface area contributed by atoms with E-state index in [0.717, 1.165) is 12.0 Å². The third-order valence-corrected chi connectivity index (χ3v) is 9.12. The van der Waals surface area contributed by atoms with Crippen molar-refractivity contribution in [2.75, 3.05) is 0 Å². The standard InChI is InChI=1S/C17H26OSi/c1-14(18)16-11-9-15(10-12-16)8-7-13-19(5,6)17(2,3)4/h7,9-13H,8H2,1-6H3/b13-7+.